The summed E-state index contributed by atoms with van der Waals surface area (Å²) in [6, 6.07) is -0.201. The molecule has 0 aromatic rings. The molecule has 17 heavy (non-hydrogen) atoms. The van der Waals surface area contributed by atoms with Crippen LogP contribution in [0.5, 0.6) is 0 Å². The fourth-order valence-electron chi connectivity index (χ4n) is 2.20. The van der Waals surface area contributed by atoms with Crippen molar-refractivity contribution in [3.63, 3.8) is 0 Å². The molecular formula is C14H23NO2. The molecule has 1 unspecified atom stereocenters. The number of nitrogens with one attached hydrogen (secondary N) is 1. The molecule has 0 bridgehead atoms. The Morgan fingerprint density at radius 3 is 2.53 bits per heavy atom. The molecular weight excluding hydrogens is 214 g/mol. The standard InChI is InChI=1S/C14H23NO2/c1-5-12(10-11-8-6-7-9-11)15-13(16)17-14(2,3)4/h1,11-12H,6-10H2,2-4H3,(H,15,16). The summed E-state index contributed by atoms with van der Waals surface area (Å²) in [5.74, 6) is 3.29. The van der Waals surface area contributed by atoms with Crippen LogP contribution in [0.1, 0.15) is 52.9 Å². The highest BCUT2D eigenvalue weighted by molar-refractivity contribution is 5.68. The number of rotatable bonds is 3. The van der Waals surface area contributed by atoms with Gasteiger partial charge in [0.25, 0.3) is 0 Å². The molecule has 1 aliphatic carbocycles. The Hall–Kier alpha value is -1.17. The lowest BCUT2D eigenvalue weighted by Crippen LogP contribution is -2.39. The number of alkyl carbamates (subject to hydrolysis) is 1. The van der Waals surface area contributed by atoms with E-state index in [9.17, 15) is 4.79 Å². The maximum absolute atomic E-state index is 11.6. The van der Waals surface area contributed by atoms with E-state index in [0.29, 0.717) is 5.92 Å². The van der Waals surface area contributed by atoms with Gasteiger partial charge in [0.05, 0.1) is 6.04 Å². The number of amides is 1. The predicted octanol–water partition coefficient (Wildman–Crippen LogP) is 3.09. The van der Waals surface area contributed by atoms with Gasteiger partial charge in [-0.3, -0.25) is 0 Å². The zero-order valence-electron chi connectivity index (χ0n) is 11.1. The number of terminal acetylenes is 1. The second kappa shape index (κ2) is 5.95. The highest BCUT2D eigenvalue weighted by atomic mass is 16.6. The van der Waals surface area contributed by atoms with Crippen molar-refractivity contribution in [3.05, 3.63) is 0 Å². The molecule has 0 spiro atoms. The topological polar surface area (TPSA) is 38.3 Å². The van der Waals surface area contributed by atoms with Crippen LogP contribution >= 0.6 is 0 Å². The lowest BCUT2D eigenvalue weighted by atomic mass is 9.99. The molecule has 3 nitrogen and oxygen atoms in total. The van der Waals surface area contributed by atoms with Crippen LogP contribution in [0.3, 0.4) is 0 Å². The van der Waals surface area contributed by atoms with Gasteiger partial charge < -0.3 is 10.1 Å². The van der Waals surface area contributed by atoms with Gasteiger partial charge in [0, 0.05) is 0 Å². The Kier molecular flexibility index (Phi) is 4.86. The summed E-state index contributed by atoms with van der Waals surface area (Å²) in [5, 5.41) is 2.75. The highest BCUT2D eigenvalue weighted by Gasteiger charge is 2.22. The molecule has 1 rings (SSSR count). The number of ether oxygens (including phenoxy) is 1. The largest absolute Gasteiger partial charge is 0.444 e. The molecule has 1 aliphatic rings. The first-order valence-corrected chi connectivity index (χ1v) is 6.36. The van der Waals surface area contributed by atoms with Crippen molar-refractivity contribution in [2.24, 2.45) is 5.92 Å². The van der Waals surface area contributed by atoms with E-state index < -0.39 is 11.7 Å². The minimum atomic E-state index is -0.476. The number of carbonyl (C=O) groups is 1. The molecule has 0 aliphatic heterocycles. The summed E-state index contributed by atoms with van der Waals surface area (Å²) in [5.41, 5.74) is -0.476. The van der Waals surface area contributed by atoms with E-state index in [1.54, 1.807) is 0 Å². The Bertz CT molecular complexity index is 292. The minimum absolute atomic E-state index is 0.201. The highest BCUT2D eigenvalue weighted by Crippen LogP contribution is 2.28. The lowest BCUT2D eigenvalue weighted by Gasteiger charge is -2.22. The van der Waals surface area contributed by atoms with Crippen LogP contribution in [-0.4, -0.2) is 17.7 Å². The van der Waals surface area contributed by atoms with Crippen molar-refractivity contribution >= 4 is 6.09 Å². The molecule has 0 aromatic heterocycles. The Morgan fingerprint density at radius 2 is 2.06 bits per heavy atom. The van der Waals surface area contributed by atoms with Gasteiger partial charge in [-0.05, 0) is 33.1 Å². The molecule has 1 amide bonds. The normalized spacial score (nSPS) is 18.5. The summed E-state index contributed by atoms with van der Waals surface area (Å²) in [6.07, 6.45) is 10.9. The van der Waals surface area contributed by atoms with Crippen molar-refractivity contribution in [2.75, 3.05) is 0 Å². The third-order valence-electron chi connectivity index (χ3n) is 2.94. The Labute approximate surface area is 104 Å². The van der Waals surface area contributed by atoms with Gasteiger partial charge in [0.15, 0.2) is 0 Å². The third-order valence-corrected chi connectivity index (χ3v) is 2.94. The number of hydrogen-bond acceptors (Lipinski definition) is 2. The molecule has 1 fully saturated rings. The van der Waals surface area contributed by atoms with Gasteiger partial charge in [0.1, 0.15) is 5.60 Å². The van der Waals surface area contributed by atoms with Gasteiger partial charge in [0.2, 0.25) is 0 Å². The number of hydrogen-bond donors (Lipinski definition) is 1. The SMILES string of the molecule is C#CC(CC1CCCC1)NC(=O)OC(C)(C)C. The van der Waals surface area contributed by atoms with Crippen molar-refractivity contribution in [1.29, 1.82) is 0 Å². The van der Waals surface area contributed by atoms with Crippen LogP contribution in [0.15, 0.2) is 0 Å². The van der Waals surface area contributed by atoms with Crippen molar-refractivity contribution < 1.29 is 9.53 Å². The monoisotopic (exact) mass is 237 g/mol. The van der Waals surface area contributed by atoms with Gasteiger partial charge in [-0.1, -0.05) is 31.6 Å². The van der Waals surface area contributed by atoms with Gasteiger partial charge >= 0.3 is 6.09 Å². The lowest BCUT2D eigenvalue weighted by molar-refractivity contribution is 0.0511. The minimum Gasteiger partial charge on any atom is -0.444 e. The molecule has 1 N–H and O–H groups in total. The fourth-order valence-corrected chi connectivity index (χ4v) is 2.20. The zero-order chi connectivity index (χ0) is 12.9. The molecule has 0 radical (unpaired) electrons. The predicted molar refractivity (Wildman–Crippen MR) is 68.6 cm³/mol. The average Bonchev–Trinajstić information content (AvgIpc) is 2.66. The van der Waals surface area contributed by atoms with Crippen LogP contribution in [0, 0.1) is 18.3 Å². The van der Waals surface area contributed by atoms with Crippen LogP contribution in [-0.2, 0) is 4.74 Å². The smallest absolute Gasteiger partial charge is 0.408 e. The third kappa shape index (κ3) is 5.63. The second-order valence-corrected chi connectivity index (χ2v) is 5.75. The quantitative estimate of drug-likeness (QED) is 0.766. The van der Waals surface area contributed by atoms with E-state index in [4.69, 9.17) is 11.2 Å². The van der Waals surface area contributed by atoms with E-state index >= 15 is 0 Å². The molecule has 1 atom stereocenters. The first-order chi connectivity index (χ1) is 7.90. The van der Waals surface area contributed by atoms with Crippen LogP contribution < -0.4 is 5.32 Å². The van der Waals surface area contributed by atoms with E-state index in [-0.39, 0.29) is 6.04 Å². The van der Waals surface area contributed by atoms with E-state index in [1.165, 1.54) is 25.7 Å². The van der Waals surface area contributed by atoms with Crippen molar-refractivity contribution in [3.8, 4) is 12.3 Å². The first kappa shape index (κ1) is 13.9. The molecule has 1 saturated carbocycles. The van der Waals surface area contributed by atoms with Crippen LogP contribution in [0.4, 0.5) is 4.79 Å². The van der Waals surface area contributed by atoms with Gasteiger partial charge in [-0.2, -0.15) is 0 Å². The molecule has 0 aromatic carbocycles. The van der Waals surface area contributed by atoms with E-state index in [0.717, 1.165) is 6.42 Å². The van der Waals surface area contributed by atoms with Crippen LogP contribution in [0.2, 0.25) is 0 Å². The number of carbonyl (C=O) groups excluding carboxylic acids is 1. The molecule has 3 heteroatoms. The van der Waals surface area contributed by atoms with E-state index in [1.807, 2.05) is 20.8 Å². The van der Waals surface area contributed by atoms with E-state index in [2.05, 4.69) is 11.2 Å². The van der Waals surface area contributed by atoms with Crippen molar-refractivity contribution in [2.45, 2.75) is 64.5 Å². The van der Waals surface area contributed by atoms with Crippen molar-refractivity contribution in [1.82, 2.24) is 5.32 Å². The summed E-state index contributed by atoms with van der Waals surface area (Å²) in [6.45, 7) is 5.53. The van der Waals surface area contributed by atoms with Gasteiger partial charge in [-0.25, -0.2) is 4.79 Å². The Morgan fingerprint density at radius 1 is 1.47 bits per heavy atom. The molecule has 0 saturated heterocycles. The maximum atomic E-state index is 11.6. The molecule has 0 heterocycles. The zero-order valence-corrected chi connectivity index (χ0v) is 11.1. The summed E-state index contributed by atoms with van der Waals surface area (Å²) < 4.78 is 5.19. The fraction of sp³-hybridized carbons (Fsp3) is 0.786. The first-order valence-electron chi connectivity index (χ1n) is 6.36. The Balaban J connectivity index is 2.36. The summed E-state index contributed by atoms with van der Waals surface area (Å²) >= 11 is 0. The second-order valence-electron chi connectivity index (χ2n) is 5.75. The average molecular weight is 237 g/mol. The van der Waals surface area contributed by atoms with Gasteiger partial charge in [-0.15, -0.1) is 6.42 Å². The molecule has 96 valence electrons. The summed E-state index contributed by atoms with van der Waals surface area (Å²) in [7, 11) is 0. The maximum Gasteiger partial charge on any atom is 0.408 e. The van der Waals surface area contributed by atoms with Crippen LogP contribution in [0.25, 0.3) is 0 Å². The summed E-state index contributed by atoms with van der Waals surface area (Å²) in [4.78, 5) is 11.6.